The van der Waals surface area contributed by atoms with Gasteiger partial charge in [0.05, 0.1) is 0 Å². The highest BCUT2D eigenvalue weighted by molar-refractivity contribution is 5.94. The molecule has 0 fully saturated rings. The van der Waals surface area contributed by atoms with Crippen LogP contribution in [0.1, 0.15) is 20.3 Å². The molecule has 0 heterocycles. The Labute approximate surface area is 66.5 Å². The Bertz CT molecular complexity index is 204. The Hall–Kier alpha value is -1.12. The van der Waals surface area contributed by atoms with Crippen LogP contribution in [0, 0.1) is 0 Å². The predicted molar refractivity (Wildman–Crippen MR) is 45.0 cm³/mol. The van der Waals surface area contributed by atoms with Crippen LogP contribution in [0.15, 0.2) is 16.1 Å². The molecule has 0 aromatic heterocycles. The van der Waals surface area contributed by atoms with Crippen molar-refractivity contribution in [3.05, 3.63) is 11.1 Å². The van der Waals surface area contributed by atoms with E-state index in [1.54, 1.807) is 20.2 Å². The number of carbonyl (C=O) groups is 1. The second-order valence-corrected chi connectivity index (χ2v) is 2.20. The summed E-state index contributed by atoms with van der Waals surface area (Å²) in [6.45, 7) is 3.49. The molecule has 11 heavy (non-hydrogen) atoms. The Balaban J connectivity index is 4.67. The van der Waals surface area contributed by atoms with Gasteiger partial charge in [0.25, 0.3) is 0 Å². The number of hydrogen-bond donors (Lipinski definition) is 1. The van der Waals surface area contributed by atoms with Gasteiger partial charge in [-0.2, -0.15) is 0 Å². The van der Waals surface area contributed by atoms with Crippen LogP contribution in [-0.2, 0) is 4.79 Å². The molecule has 0 spiro atoms. The Morgan fingerprint density at radius 2 is 2.18 bits per heavy atom. The molecular weight excluding hydrogens is 142 g/mol. The molecule has 0 amide bonds. The van der Waals surface area contributed by atoms with E-state index in [1.807, 2.05) is 6.92 Å². The van der Waals surface area contributed by atoms with Gasteiger partial charge < -0.3 is 5.11 Å². The second kappa shape index (κ2) is 4.66. The molecule has 0 saturated heterocycles. The molecule has 0 bridgehead atoms. The average Bonchev–Trinajstić information content (AvgIpc) is 1.98. The zero-order valence-corrected chi connectivity index (χ0v) is 7.09. The summed E-state index contributed by atoms with van der Waals surface area (Å²) in [5.41, 5.74) is 1.15. The predicted octanol–water partition coefficient (Wildman–Crippen LogP) is 1.50. The number of hydrogen-bond acceptors (Lipinski definition) is 2. The minimum absolute atomic E-state index is 0.373. The highest BCUT2D eigenvalue weighted by atomic mass is 16.4. The Morgan fingerprint density at radius 3 is 2.45 bits per heavy atom. The lowest BCUT2D eigenvalue weighted by atomic mass is 10.1. The summed E-state index contributed by atoms with van der Waals surface area (Å²) >= 11 is 0. The maximum absolute atomic E-state index is 10.5. The van der Waals surface area contributed by atoms with Gasteiger partial charge in [0.1, 0.15) is 0 Å². The molecule has 0 aliphatic rings. The molecule has 0 aliphatic carbocycles. The molecule has 0 rings (SSSR count). The van der Waals surface area contributed by atoms with Crippen LogP contribution in [0.25, 0.3) is 0 Å². The van der Waals surface area contributed by atoms with Crippen molar-refractivity contribution in [1.29, 1.82) is 0 Å². The molecule has 0 radical (unpaired) electrons. The van der Waals surface area contributed by atoms with E-state index < -0.39 is 5.97 Å². The van der Waals surface area contributed by atoms with E-state index in [1.165, 1.54) is 0 Å². The first-order chi connectivity index (χ1) is 5.13. The van der Waals surface area contributed by atoms with E-state index in [9.17, 15) is 4.79 Å². The lowest BCUT2D eigenvalue weighted by Gasteiger charge is -1.98. The SMILES string of the molecule is CCC(/C=N\C)=C(/C)C(=O)O. The quantitative estimate of drug-likeness (QED) is 0.496. The standard InChI is InChI=1S/C8H13NO2/c1-4-7(5-9-3)6(2)8(10)11/h5H,4H2,1-3H3,(H,10,11)/b7-6+,9-5-. The first-order valence-corrected chi connectivity index (χ1v) is 3.48. The van der Waals surface area contributed by atoms with Gasteiger partial charge >= 0.3 is 5.97 Å². The van der Waals surface area contributed by atoms with E-state index in [2.05, 4.69) is 4.99 Å². The zero-order chi connectivity index (χ0) is 8.85. The van der Waals surface area contributed by atoms with E-state index in [0.717, 1.165) is 5.57 Å². The van der Waals surface area contributed by atoms with Crippen LogP contribution < -0.4 is 0 Å². The molecule has 0 unspecified atom stereocenters. The largest absolute Gasteiger partial charge is 0.478 e. The number of aliphatic imine (C=N–C) groups is 1. The number of carboxylic acid groups (broad SMARTS) is 1. The smallest absolute Gasteiger partial charge is 0.331 e. The summed E-state index contributed by atoms with van der Waals surface area (Å²) in [5, 5.41) is 8.59. The van der Waals surface area contributed by atoms with Crippen molar-refractivity contribution in [3.63, 3.8) is 0 Å². The molecule has 3 heteroatoms. The van der Waals surface area contributed by atoms with Crippen molar-refractivity contribution < 1.29 is 9.90 Å². The highest BCUT2D eigenvalue weighted by Crippen LogP contribution is 2.05. The molecule has 0 aliphatic heterocycles. The van der Waals surface area contributed by atoms with Crippen molar-refractivity contribution in [2.24, 2.45) is 4.99 Å². The molecule has 0 atom stereocenters. The molecule has 1 N–H and O–H groups in total. The highest BCUT2D eigenvalue weighted by Gasteiger charge is 2.04. The average molecular weight is 155 g/mol. The van der Waals surface area contributed by atoms with Crippen LogP contribution in [0.2, 0.25) is 0 Å². The minimum atomic E-state index is -0.873. The molecule has 3 nitrogen and oxygen atoms in total. The third-order valence-corrected chi connectivity index (χ3v) is 1.47. The van der Waals surface area contributed by atoms with Crippen LogP contribution in [0.3, 0.4) is 0 Å². The summed E-state index contributed by atoms with van der Waals surface area (Å²) in [4.78, 5) is 14.2. The number of rotatable bonds is 3. The van der Waals surface area contributed by atoms with E-state index >= 15 is 0 Å². The van der Waals surface area contributed by atoms with Gasteiger partial charge in [-0.25, -0.2) is 4.79 Å². The van der Waals surface area contributed by atoms with Crippen molar-refractivity contribution in [1.82, 2.24) is 0 Å². The van der Waals surface area contributed by atoms with Crippen LogP contribution in [-0.4, -0.2) is 24.3 Å². The maximum atomic E-state index is 10.5. The molecular formula is C8H13NO2. The fourth-order valence-corrected chi connectivity index (χ4v) is 0.746. The summed E-state index contributed by atoms with van der Waals surface area (Å²) in [6, 6.07) is 0. The summed E-state index contributed by atoms with van der Waals surface area (Å²) in [5.74, 6) is -0.873. The fourth-order valence-electron chi connectivity index (χ4n) is 0.746. The first kappa shape index (κ1) is 9.88. The maximum Gasteiger partial charge on any atom is 0.331 e. The number of carboxylic acids is 1. The van der Waals surface area contributed by atoms with Gasteiger partial charge in [-0.1, -0.05) is 6.92 Å². The monoisotopic (exact) mass is 155 g/mol. The van der Waals surface area contributed by atoms with Gasteiger partial charge in [-0.15, -0.1) is 0 Å². The van der Waals surface area contributed by atoms with Gasteiger partial charge in [0.15, 0.2) is 0 Å². The van der Waals surface area contributed by atoms with Gasteiger partial charge in [0.2, 0.25) is 0 Å². The number of nitrogens with zero attached hydrogens (tertiary/aromatic N) is 1. The van der Waals surface area contributed by atoms with Crippen molar-refractivity contribution in [2.75, 3.05) is 7.05 Å². The van der Waals surface area contributed by atoms with Crippen LogP contribution >= 0.6 is 0 Å². The second-order valence-electron chi connectivity index (χ2n) is 2.20. The fraction of sp³-hybridized carbons (Fsp3) is 0.500. The van der Waals surface area contributed by atoms with Crippen LogP contribution in [0.5, 0.6) is 0 Å². The Morgan fingerprint density at radius 1 is 1.64 bits per heavy atom. The van der Waals surface area contributed by atoms with E-state index in [0.29, 0.717) is 12.0 Å². The normalized spacial score (nSPS) is 13.4. The molecule has 0 aromatic carbocycles. The van der Waals surface area contributed by atoms with E-state index in [-0.39, 0.29) is 0 Å². The molecule has 62 valence electrons. The van der Waals surface area contributed by atoms with Gasteiger partial charge in [0, 0.05) is 18.8 Å². The topological polar surface area (TPSA) is 49.7 Å². The Kier molecular flexibility index (Phi) is 4.18. The lowest BCUT2D eigenvalue weighted by Crippen LogP contribution is -2.01. The summed E-state index contributed by atoms with van der Waals surface area (Å²) < 4.78 is 0. The van der Waals surface area contributed by atoms with Gasteiger partial charge in [-0.3, -0.25) is 4.99 Å². The lowest BCUT2D eigenvalue weighted by molar-refractivity contribution is -0.132. The number of allylic oxidation sites excluding steroid dienone is 1. The summed E-state index contributed by atoms with van der Waals surface area (Å²) in [6.07, 6.45) is 2.29. The summed E-state index contributed by atoms with van der Waals surface area (Å²) in [7, 11) is 1.63. The third kappa shape index (κ3) is 2.98. The van der Waals surface area contributed by atoms with E-state index in [4.69, 9.17) is 5.11 Å². The van der Waals surface area contributed by atoms with Gasteiger partial charge in [-0.05, 0) is 18.9 Å². The van der Waals surface area contributed by atoms with Crippen LogP contribution in [0.4, 0.5) is 0 Å². The zero-order valence-electron chi connectivity index (χ0n) is 7.09. The van der Waals surface area contributed by atoms with Crippen molar-refractivity contribution in [3.8, 4) is 0 Å². The third-order valence-electron chi connectivity index (χ3n) is 1.47. The number of aliphatic carboxylic acids is 1. The molecule has 0 saturated carbocycles. The van der Waals surface area contributed by atoms with Crippen molar-refractivity contribution in [2.45, 2.75) is 20.3 Å². The minimum Gasteiger partial charge on any atom is -0.478 e. The first-order valence-electron chi connectivity index (χ1n) is 3.48. The van der Waals surface area contributed by atoms with Crippen molar-refractivity contribution >= 4 is 12.2 Å². The molecule has 0 aromatic rings.